The third-order valence-corrected chi connectivity index (χ3v) is 5.70. The van der Waals surface area contributed by atoms with Crippen molar-refractivity contribution in [3.05, 3.63) is 40.9 Å². The number of halogens is 1. The van der Waals surface area contributed by atoms with E-state index < -0.39 is 17.4 Å². The Morgan fingerprint density at radius 3 is 3.00 bits per heavy atom. The number of esters is 1. The van der Waals surface area contributed by atoms with Gasteiger partial charge in [0.05, 0.1) is 25.2 Å². The van der Waals surface area contributed by atoms with Gasteiger partial charge in [-0.2, -0.15) is 0 Å². The number of anilines is 1. The zero-order valence-corrected chi connectivity index (χ0v) is 15.0. The Hall–Kier alpha value is -1.85. The van der Waals surface area contributed by atoms with Gasteiger partial charge in [0.1, 0.15) is 11.5 Å². The summed E-state index contributed by atoms with van der Waals surface area (Å²) in [5.74, 6) is -1.53. The van der Waals surface area contributed by atoms with Gasteiger partial charge in [-0.05, 0) is 37.1 Å². The third-order valence-electron chi connectivity index (χ3n) is 5.27. The third kappa shape index (κ3) is 2.41. The number of hydrogen-bond acceptors (Lipinski definition) is 4. The molecule has 25 heavy (non-hydrogen) atoms. The van der Waals surface area contributed by atoms with E-state index in [1.165, 1.54) is 0 Å². The lowest BCUT2D eigenvalue weighted by Crippen LogP contribution is -2.40. The molecule has 4 unspecified atom stereocenters. The first-order valence-corrected chi connectivity index (χ1v) is 8.96. The highest BCUT2D eigenvalue weighted by molar-refractivity contribution is 6.31. The van der Waals surface area contributed by atoms with E-state index in [-0.39, 0.29) is 18.0 Å². The average Bonchev–Trinajstić information content (AvgIpc) is 3.23. The Morgan fingerprint density at radius 2 is 2.28 bits per heavy atom. The number of carbonyl (C=O) groups excluding carboxylic acids is 2. The Morgan fingerprint density at radius 1 is 1.48 bits per heavy atom. The molecule has 0 aromatic heterocycles. The molecule has 1 amide bonds. The summed E-state index contributed by atoms with van der Waals surface area (Å²) in [7, 11) is 0. The van der Waals surface area contributed by atoms with Crippen LogP contribution in [0.2, 0.25) is 5.02 Å². The summed E-state index contributed by atoms with van der Waals surface area (Å²) in [6.45, 7) is 4.61. The van der Waals surface area contributed by atoms with Crippen molar-refractivity contribution >= 4 is 29.2 Å². The minimum atomic E-state index is -0.731. The van der Waals surface area contributed by atoms with Crippen LogP contribution in [0.25, 0.3) is 0 Å². The molecule has 1 aromatic carbocycles. The summed E-state index contributed by atoms with van der Waals surface area (Å²) < 4.78 is 11.4. The highest BCUT2D eigenvalue weighted by Gasteiger charge is 2.67. The summed E-state index contributed by atoms with van der Waals surface area (Å²) >= 11 is 6.09. The standard InChI is InChI=1S/C19H20ClNO4/c1-3-8-24-18(23)15-14-6-7-19(25-14)10-21(17(22)16(15)19)12-4-5-13(20)11(2)9-12/h4-7,9,14-16H,3,8,10H2,1-2H3. The summed E-state index contributed by atoms with van der Waals surface area (Å²) in [6.07, 6.45) is 4.21. The molecule has 0 radical (unpaired) electrons. The van der Waals surface area contributed by atoms with E-state index >= 15 is 0 Å². The van der Waals surface area contributed by atoms with Crippen LogP contribution in [0.4, 0.5) is 5.69 Å². The fourth-order valence-electron chi connectivity index (χ4n) is 4.08. The Labute approximate surface area is 151 Å². The fraction of sp³-hybridized carbons (Fsp3) is 0.474. The lowest BCUT2D eigenvalue weighted by molar-refractivity contribution is -0.152. The minimum Gasteiger partial charge on any atom is -0.465 e. The predicted octanol–water partition coefficient (Wildman–Crippen LogP) is 2.89. The second-order valence-corrected chi connectivity index (χ2v) is 7.33. The molecule has 4 atom stereocenters. The van der Waals surface area contributed by atoms with Crippen molar-refractivity contribution in [1.82, 2.24) is 0 Å². The molecule has 4 rings (SSSR count). The molecule has 2 fully saturated rings. The molecule has 2 saturated heterocycles. The lowest BCUT2D eigenvalue weighted by Gasteiger charge is -2.22. The van der Waals surface area contributed by atoms with E-state index in [2.05, 4.69) is 0 Å². The van der Waals surface area contributed by atoms with E-state index in [9.17, 15) is 9.59 Å². The molecular formula is C19H20ClNO4. The van der Waals surface area contributed by atoms with Crippen molar-refractivity contribution in [2.24, 2.45) is 11.8 Å². The van der Waals surface area contributed by atoms with Crippen LogP contribution in [0, 0.1) is 18.8 Å². The van der Waals surface area contributed by atoms with E-state index in [1.54, 1.807) is 11.0 Å². The predicted molar refractivity (Wildman–Crippen MR) is 93.5 cm³/mol. The number of benzene rings is 1. The van der Waals surface area contributed by atoms with Gasteiger partial charge in [-0.1, -0.05) is 30.7 Å². The van der Waals surface area contributed by atoms with Gasteiger partial charge in [0.15, 0.2) is 0 Å². The number of amides is 1. The number of rotatable bonds is 4. The van der Waals surface area contributed by atoms with E-state index in [0.717, 1.165) is 17.7 Å². The van der Waals surface area contributed by atoms with Crippen molar-refractivity contribution in [2.45, 2.75) is 32.0 Å². The summed E-state index contributed by atoms with van der Waals surface area (Å²) in [5, 5.41) is 0.659. The first kappa shape index (κ1) is 16.6. The maximum absolute atomic E-state index is 13.1. The first-order valence-electron chi connectivity index (χ1n) is 8.58. The molecule has 0 saturated carbocycles. The number of ether oxygens (including phenoxy) is 2. The van der Waals surface area contributed by atoms with E-state index in [1.807, 2.05) is 38.1 Å². The largest absolute Gasteiger partial charge is 0.465 e. The molecule has 6 heteroatoms. The molecule has 3 aliphatic heterocycles. The molecular weight excluding hydrogens is 342 g/mol. The molecule has 3 aliphatic rings. The molecule has 1 aromatic rings. The van der Waals surface area contributed by atoms with Crippen LogP contribution in [0.15, 0.2) is 30.4 Å². The van der Waals surface area contributed by atoms with Crippen LogP contribution in [-0.2, 0) is 19.1 Å². The molecule has 132 valence electrons. The first-order chi connectivity index (χ1) is 12.0. The van der Waals surface area contributed by atoms with Crippen molar-refractivity contribution in [3.8, 4) is 0 Å². The van der Waals surface area contributed by atoms with Crippen LogP contribution < -0.4 is 4.90 Å². The normalized spacial score (nSPS) is 32.4. The zero-order valence-electron chi connectivity index (χ0n) is 14.2. The zero-order chi connectivity index (χ0) is 17.8. The Bertz CT molecular complexity index is 777. The van der Waals surface area contributed by atoms with Crippen LogP contribution in [0.5, 0.6) is 0 Å². The second-order valence-electron chi connectivity index (χ2n) is 6.93. The van der Waals surface area contributed by atoms with Crippen molar-refractivity contribution in [3.63, 3.8) is 0 Å². The number of hydrogen-bond donors (Lipinski definition) is 0. The van der Waals surface area contributed by atoms with Gasteiger partial charge in [-0.25, -0.2) is 0 Å². The Kier molecular flexibility index (Phi) is 3.89. The van der Waals surface area contributed by atoms with Gasteiger partial charge in [-0.15, -0.1) is 0 Å². The van der Waals surface area contributed by atoms with Gasteiger partial charge in [0.25, 0.3) is 0 Å². The minimum absolute atomic E-state index is 0.0907. The van der Waals surface area contributed by atoms with Gasteiger partial charge in [-0.3, -0.25) is 9.59 Å². The van der Waals surface area contributed by atoms with E-state index in [0.29, 0.717) is 18.2 Å². The average molecular weight is 362 g/mol. The van der Waals surface area contributed by atoms with Crippen LogP contribution in [-0.4, -0.2) is 36.7 Å². The Balaban J connectivity index is 1.65. The SMILES string of the molecule is CCCOC(=O)C1C2C=CC3(CN(c4ccc(Cl)c(C)c4)C(=O)C13)O2. The van der Waals surface area contributed by atoms with Gasteiger partial charge in [0.2, 0.25) is 5.91 Å². The molecule has 0 N–H and O–H groups in total. The van der Waals surface area contributed by atoms with Crippen molar-refractivity contribution in [1.29, 1.82) is 0 Å². The summed E-state index contributed by atoms with van der Waals surface area (Å²) in [6, 6.07) is 5.50. The van der Waals surface area contributed by atoms with E-state index in [4.69, 9.17) is 21.1 Å². The number of nitrogens with zero attached hydrogens (tertiary/aromatic N) is 1. The lowest BCUT2D eigenvalue weighted by atomic mass is 9.77. The number of aryl methyl sites for hydroxylation is 1. The number of fused-ring (bicyclic) bond motifs is 1. The van der Waals surface area contributed by atoms with Crippen molar-refractivity contribution in [2.75, 3.05) is 18.1 Å². The molecule has 2 bridgehead atoms. The van der Waals surface area contributed by atoms with Crippen LogP contribution in [0.3, 0.4) is 0 Å². The number of carbonyl (C=O) groups is 2. The maximum Gasteiger partial charge on any atom is 0.312 e. The van der Waals surface area contributed by atoms with Gasteiger partial charge < -0.3 is 14.4 Å². The van der Waals surface area contributed by atoms with Crippen LogP contribution in [0.1, 0.15) is 18.9 Å². The monoisotopic (exact) mass is 361 g/mol. The highest BCUT2D eigenvalue weighted by Crippen LogP contribution is 2.53. The highest BCUT2D eigenvalue weighted by atomic mass is 35.5. The quantitative estimate of drug-likeness (QED) is 0.611. The van der Waals surface area contributed by atoms with Crippen molar-refractivity contribution < 1.29 is 19.1 Å². The smallest absolute Gasteiger partial charge is 0.312 e. The molecule has 3 heterocycles. The summed E-state index contributed by atoms with van der Waals surface area (Å²) in [4.78, 5) is 27.3. The second kappa shape index (κ2) is 5.85. The molecule has 1 spiro atoms. The fourth-order valence-corrected chi connectivity index (χ4v) is 4.20. The maximum atomic E-state index is 13.1. The molecule has 0 aliphatic carbocycles. The molecule has 5 nitrogen and oxygen atoms in total. The topological polar surface area (TPSA) is 55.8 Å². The van der Waals surface area contributed by atoms with Gasteiger partial charge >= 0.3 is 5.97 Å². The summed E-state index contributed by atoms with van der Waals surface area (Å²) in [5.41, 5.74) is 0.948. The van der Waals surface area contributed by atoms with Crippen LogP contribution >= 0.6 is 11.6 Å². The van der Waals surface area contributed by atoms with Gasteiger partial charge in [0, 0.05) is 10.7 Å².